The highest BCUT2D eigenvalue weighted by atomic mass is 16.1. The first kappa shape index (κ1) is 11.5. The van der Waals surface area contributed by atoms with Gasteiger partial charge >= 0.3 is 0 Å². The highest BCUT2D eigenvalue weighted by Crippen LogP contribution is 2.40. The Labute approximate surface area is 111 Å². The van der Waals surface area contributed by atoms with Crippen LogP contribution in [0, 0.1) is 11.3 Å². The van der Waals surface area contributed by atoms with Crippen LogP contribution >= 0.6 is 0 Å². The average Bonchev–Trinajstić information content (AvgIpc) is 2.48. The third kappa shape index (κ3) is 1.54. The van der Waals surface area contributed by atoms with Crippen LogP contribution in [0.15, 0.2) is 60.7 Å². The Kier molecular flexibility index (Phi) is 2.57. The van der Waals surface area contributed by atoms with Crippen LogP contribution in [0.1, 0.15) is 5.56 Å². The Morgan fingerprint density at radius 1 is 1.00 bits per heavy atom. The fourth-order valence-corrected chi connectivity index (χ4v) is 2.51. The summed E-state index contributed by atoms with van der Waals surface area (Å²) in [6, 6.07) is 21.0. The summed E-state index contributed by atoms with van der Waals surface area (Å²) in [5, 5.41) is 9.58. The molecule has 0 spiro atoms. The highest BCUT2D eigenvalue weighted by Gasteiger charge is 2.55. The van der Waals surface area contributed by atoms with E-state index in [4.69, 9.17) is 0 Å². The Morgan fingerprint density at radius 3 is 2.11 bits per heavy atom. The van der Waals surface area contributed by atoms with E-state index < -0.39 is 5.54 Å². The molecule has 1 heterocycles. The molecule has 1 fully saturated rings. The van der Waals surface area contributed by atoms with Crippen LogP contribution in [0.3, 0.4) is 0 Å². The third-order valence-electron chi connectivity index (χ3n) is 3.53. The fourth-order valence-electron chi connectivity index (χ4n) is 2.51. The molecule has 1 saturated heterocycles. The molecule has 0 N–H and O–H groups in total. The number of rotatable bonds is 2. The first-order valence-electron chi connectivity index (χ1n) is 6.12. The van der Waals surface area contributed by atoms with Crippen molar-refractivity contribution in [2.45, 2.75) is 5.54 Å². The molecule has 3 rings (SSSR count). The molecule has 1 aliphatic heterocycles. The molecule has 92 valence electrons. The number of hydrogen-bond acceptors (Lipinski definition) is 3. The molecule has 1 atom stereocenters. The molecule has 2 aromatic carbocycles. The Bertz CT molecular complexity index is 645. The molecule has 3 nitrogen and oxygen atoms in total. The van der Waals surface area contributed by atoms with Gasteiger partial charge in [0.2, 0.25) is 5.54 Å². The number of benzene rings is 2. The lowest BCUT2D eigenvalue weighted by molar-refractivity contribution is -0.126. The van der Waals surface area contributed by atoms with Gasteiger partial charge in [0.25, 0.3) is 0 Å². The quantitative estimate of drug-likeness (QED) is 0.820. The molecule has 2 aromatic rings. The molecule has 0 radical (unpaired) electrons. The van der Waals surface area contributed by atoms with Crippen molar-refractivity contribution in [2.75, 3.05) is 11.4 Å². The number of anilines is 1. The topological polar surface area (TPSA) is 44.1 Å². The molecule has 0 amide bonds. The van der Waals surface area contributed by atoms with Gasteiger partial charge < -0.3 is 4.90 Å². The largest absolute Gasteiger partial charge is 0.336 e. The summed E-state index contributed by atoms with van der Waals surface area (Å²) < 4.78 is 0. The Balaban J connectivity index is 2.10. The highest BCUT2D eigenvalue weighted by molar-refractivity contribution is 6.06. The minimum atomic E-state index is -1.16. The van der Waals surface area contributed by atoms with Gasteiger partial charge in [0, 0.05) is 5.69 Å². The summed E-state index contributed by atoms with van der Waals surface area (Å²) in [5.41, 5.74) is 0.466. The first-order chi connectivity index (χ1) is 9.29. The van der Waals surface area contributed by atoms with Crippen molar-refractivity contribution < 1.29 is 4.79 Å². The molecule has 1 unspecified atom stereocenters. The summed E-state index contributed by atoms with van der Waals surface area (Å²) in [7, 11) is 0. The summed E-state index contributed by atoms with van der Waals surface area (Å²) in [4.78, 5) is 14.0. The minimum Gasteiger partial charge on any atom is -0.336 e. The molecule has 0 aromatic heterocycles. The monoisotopic (exact) mass is 248 g/mol. The van der Waals surface area contributed by atoms with E-state index in [9.17, 15) is 10.1 Å². The van der Waals surface area contributed by atoms with Gasteiger partial charge in [-0.15, -0.1) is 0 Å². The van der Waals surface area contributed by atoms with E-state index in [1.165, 1.54) is 0 Å². The first-order valence-corrected chi connectivity index (χ1v) is 6.12. The van der Waals surface area contributed by atoms with Crippen molar-refractivity contribution in [1.82, 2.24) is 0 Å². The lowest BCUT2D eigenvalue weighted by Gasteiger charge is -2.47. The fraction of sp³-hybridized carbons (Fsp3) is 0.125. The molecule has 19 heavy (non-hydrogen) atoms. The second-order valence-electron chi connectivity index (χ2n) is 4.53. The number of Topliss-reactive ketones (excluding diaryl/α,β-unsaturated/α-hetero) is 1. The van der Waals surface area contributed by atoms with Crippen LogP contribution in [-0.2, 0) is 10.3 Å². The van der Waals surface area contributed by atoms with Crippen LogP contribution in [0.4, 0.5) is 5.69 Å². The smallest absolute Gasteiger partial charge is 0.214 e. The van der Waals surface area contributed by atoms with E-state index in [-0.39, 0.29) is 12.3 Å². The molecular formula is C16H12N2O. The van der Waals surface area contributed by atoms with Crippen molar-refractivity contribution >= 4 is 11.5 Å². The Morgan fingerprint density at radius 2 is 1.58 bits per heavy atom. The maximum Gasteiger partial charge on any atom is 0.214 e. The lowest BCUT2D eigenvalue weighted by atomic mass is 9.77. The molecule has 0 saturated carbocycles. The van der Waals surface area contributed by atoms with E-state index in [0.717, 1.165) is 11.3 Å². The number of ketones is 1. The minimum absolute atomic E-state index is 0.0509. The van der Waals surface area contributed by atoms with E-state index in [1.54, 1.807) is 0 Å². The van der Waals surface area contributed by atoms with E-state index in [2.05, 4.69) is 6.07 Å². The van der Waals surface area contributed by atoms with Gasteiger partial charge in [-0.05, 0) is 17.7 Å². The van der Waals surface area contributed by atoms with Gasteiger partial charge in [0.1, 0.15) is 6.07 Å². The summed E-state index contributed by atoms with van der Waals surface area (Å²) in [6.07, 6.45) is 0. The normalized spacial score (nSPS) is 21.6. The van der Waals surface area contributed by atoms with Crippen LogP contribution in [0.25, 0.3) is 0 Å². The average molecular weight is 248 g/mol. The van der Waals surface area contributed by atoms with E-state index >= 15 is 0 Å². The SMILES string of the molecule is N#CC1(c2ccccc2)C(=O)CN1c1ccccc1. The van der Waals surface area contributed by atoms with E-state index in [1.807, 2.05) is 65.6 Å². The van der Waals surface area contributed by atoms with Gasteiger partial charge in [0.15, 0.2) is 5.78 Å². The molecular weight excluding hydrogens is 236 g/mol. The van der Waals surface area contributed by atoms with Crippen molar-refractivity contribution in [3.05, 3.63) is 66.2 Å². The van der Waals surface area contributed by atoms with Crippen LogP contribution in [-0.4, -0.2) is 12.3 Å². The summed E-state index contributed by atoms with van der Waals surface area (Å²) in [5.74, 6) is -0.0509. The van der Waals surface area contributed by atoms with Gasteiger partial charge in [-0.3, -0.25) is 4.79 Å². The number of nitriles is 1. The molecule has 0 aliphatic carbocycles. The predicted octanol–water partition coefficient (Wildman–Crippen LogP) is 2.49. The van der Waals surface area contributed by atoms with Crippen molar-refractivity contribution in [3.8, 4) is 6.07 Å². The van der Waals surface area contributed by atoms with Crippen LogP contribution < -0.4 is 4.90 Å². The zero-order chi connectivity index (χ0) is 13.3. The number of carbonyl (C=O) groups is 1. The standard InChI is InChI=1S/C16H12N2O/c17-12-16(13-7-3-1-4-8-13)15(19)11-18(16)14-9-5-2-6-10-14/h1-10H,11H2. The zero-order valence-corrected chi connectivity index (χ0v) is 10.3. The van der Waals surface area contributed by atoms with E-state index in [0.29, 0.717) is 0 Å². The van der Waals surface area contributed by atoms with Gasteiger partial charge in [-0.1, -0.05) is 48.5 Å². The summed E-state index contributed by atoms with van der Waals surface area (Å²) >= 11 is 0. The molecule has 0 bridgehead atoms. The number of hydrogen-bond donors (Lipinski definition) is 0. The predicted molar refractivity (Wildman–Crippen MR) is 72.5 cm³/mol. The second-order valence-corrected chi connectivity index (χ2v) is 4.53. The Hall–Kier alpha value is -2.60. The molecule has 3 heteroatoms. The maximum atomic E-state index is 12.1. The number of nitrogens with zero attached hydrogens (tertiary/aromatic N) is 2. The zero-order valence-electron chi connectivity index (χ0n) is 10.3. The van der Waals surface area contributed by atoms with Crippen molar-refractivity contribution in [2.24, 2.45) is 0 Å². The van der Waals surface area contributed by atoms with Gasteiger partial charge in [-0.2, -0.15) is 5.26 Å². The number of carbonyl (C=O) groups excluding carboxylic acids is 1. The second kappa shape index (κ2) is 4.25. The third-order valence-corrected chi connectivity index (χ3v) is 3.53. The van der Waals surface area contributed by atoms with Gasteiger partial charge in [0.05, 0.1) is 6.54 Å². The molecule has 1 aliphatic rings. The van der Waals surface area contributed by atoms with Crippen LogP contribution in [0.5, 0.6) is 0 Å². The number of para-hydroxylation sites is 1. The lowest BCUT2D eigenvalue weighted by Crippen LogP contribution is -2.65. The maximum absolute atomic E-state index is 12.1. The van der Waals surface area contributed by atoms with Crippen molar-refractivity contribution in [1.29, 1.82) is 5.26 Å². The van der Waals surface area contributed by atoms with Crippen molar-refractivity contribution in [3.63, 3.8) is 0 Å². The summed E-state index contributed by atoms with van der Waals surface area (Å²) in [6.45, 7) is 0.284. The van der Waals surface area contributed by atoms with Crippen LogP contribution in [0.2, 0.25) is 0 Å². The van der Waals surface area contributed by atoms with Gasteiger partial charge in [-0.25, -0.2) is 0 Å².